The van der Waals surface area contributed by atoms with E-state index < -0.39 is 10.1 Å². The number of hydrogen-bond donors (Lipinski definition) is 0. The monoisotopic (exact) mass is 724 g/mol. The van der Waals surface area contributed by atoms with Crippen LogP contribution >= 0.6 is 0 Å². The van der Waals surface area contributed by atoms with Crippen molar-refractivity contribution in [1.82, 2.24) is 0 Å². The minimum Gasteiger partial charge on any atom is -0.377 e. The Kier molecular flexibility index (Phi) is 33.2. The number of benzene rings is 1. The highest BCUT2D eigenvalue weighted by Crippen LogP contribution is 2.10. The van der Waals surface area contributed by atoms with Crippen molar-refractivity contribution in [2.45, 2.75) is 4.90 Å². The summed E-state index contributed by atoms with van der Waals surface area (Å²) in [7, 11) is -3.76. The maximum Gasteiger partial charge on any atom is 0.297 e. The van der Waals surface area contributed by atoms with E-state index in [1.807, 2.05) is 0 Å². The van der Waals surface area contributed by atoms with E-state index in [1.165, 1.54) is 12.1 Å². The average Bonchev–Trinajstić information content (AvgIpc) is 3.11. The van der Waals surface area contributed by atoms with Gasteiger partial charge in [-0.2, -0.15) is 8.42 Å². The van der Waals surface area contributed by atoms with Crippen LogP contribution in [0.5, 0.6) is 0 Å². The van der Waals surface area contributed by atoms with Crippen molar-refractivity contribution in [3.8, 4) is 12.3 Å². The lowest BCUT2D eigenvalue weighted by Gasteiger charge is -2.09. The van der Waals surface area contributed by atoms with E-state index in [0.29, 0.717) is 152 Å². The molecule has 1 aromatic rings. The molecule has 16 heteroatoms. The Labute approximate surface area is 292 Å². The first-order valence-electron chi connectivity index (χ1n) is 16.5. The molecule has 0 radical (unpaired) electrons. The van der Waals surface area contributed by atoms with Crippen molar-refractivity contribution in [3.05, 3.63) is 30.3 Å². The second-order valence-corrected chi connectivity index (χ2v) is 11.2. The van der Waals surface area contributed by atoms with Crippen LogP contribution in [0.25, 0.3) is 0 Å². The van der Waals surface area contributed by atoms with Gasteiger partial charge < -0.3 is 56.8 Å². The Bertz CT molecular complexity index is 963. The summed E-state index contributed by atoms with van der Waals surface area (Å²) in [5.41, 5.74) is 0. The van der Waals surface area contributed by atoms with E-state index in [2.05, 4.69) is 5.92 Å². The summed E-state index contributed by atoms with van der Waals surface area (Å²) >= 11 is 0. The van der Waals surface area contributed by atoms with Crippen LogP contribution in [0.2, 0.25) is 0 Å². The summed E-state index contributed by atoms with van der Waals surface area (Å²) in [6, 6.07) is 7.97. The highest BCUT2D eigenvalue weighted by molar-refractivity contribution is 7.86. The molecule has 284 valence electrons. The highest BCUT2D eigenvalue weighted by Gasteiger charge is 2.13. The van der Waals surface area contributed by atoms with Crippen molar-refractivity contribution in [3.63, 3.8) is 0 Å². The Morgan fingerprint density at radius 1 is 0.388 bits per heavy atom. The molecule has 0 unspecified atom stereocenters. The zero-order valence-corrected chi connectivity index (χ0v) is 29.5. The van der Waals surface area contributed by atoms with Crippen LogP contribution in [0.1, 0.15) is 0 Å². The maximum absolute atomic E-state index is 12.0. The third kappa shape index (κ3) is 31.9. The first-order valence-corrected chi connectivity index (χ1v) is 17.9. The topological polar surface area (TPSA) is 154 Å². The van der Waals surface area contributed by atoms with Gasteiger partial charge in [0.2, 0.25) is 0 Å². The minimum absolute atomic E-state index is 0.0612. The fourth-order valence-corrected chi connectivity index (χ4v) is 4.32. The molecular formula is C33H56O15S. The van der Waals surface area contributed by atoms with Gasteiger partial charge in [-0.05, 0) is 12.1 Å². The van der Waals surface area contributed by atoms with Gasteiger partial charge in [-0.1, -0.05) is 24.1 Å². The van der Waals surface area contributed by atoms with Crippen LogP contribution in [-0.2, 0) is 71.1 Å². The van der Waals surface area contributed by atoms with Crippen molar-refractivity contribution in [2.75, 3.05) is 165 Å². The summed E-state index contributed by atoms with van der Waals surface area (Å²) in [5, 5.41) is 0. The maximum atomic E-state index is 12.0. The molecule has 0 amide bonds. The van der Waals surface area contributed by atoms with Gasteiger partial charge in [0, 0.05) is 0 Å². The van der Waals surface area contributed by atoms with Crippen LogP contribution in [0.3, 0.4) is 0 Å². The molecule has 1 aromatic carbocycles. The number of ether oxygens (including phenoxy) is 12. The second kappa shape index (κ2) is 36.0. The number of hydrogen-bond acceptors (Lipinski definition) is 15. The van der Waals surface area contributed by atoms with Gasteiger partial charge in [-0.15, -0.1) is 6.42 Å². The molecule has 0 atom stereocenters. The number of rotatable bonds is 39. The van der Waals surface area contributed by atoms with E-state index in [-0.39, 0.29) is 18.1 Å². The second-order valence-electron chi connectivity index (χ2n) is 9.58. The van der Waals surface area contributed by atoms with Gasteiger partial charge in [0.15, 0.2) is 0 Å². The van der Waals surface area contributed by atoms with E-state index in [0.717, 1.165) is 0 Å². The fraction of sp³-hybridized carbons (Fsp3) is 0.758. The predicted octanol–water partition coefficient (Wildman–Crippen LogP) is 1.22. The van der Waals surface area contributed by atoms with Crippen molar-refractivity contribution < 1.29 is 69.4 Å². The Hall–Kier alpha value is -1.79. The van der Waals surface area contributed by atoms with Gasteiger partial charge in [0.05, 0.1) is 163 Å². The molecule has 0 bridgehead atoms. The largest absolute Gasteiger partial charge is 0.377 e. The molecule has 49 heavy (non-hydrogen) atoms. The van der Waals surface area contributed by atoms with E-state index in [1.54, 1.807) is 18.2 Å². The molecule has 15 nitrogen and oxygen atoms in total. The summed E-state index contributed by atoms with van der Waals surface area (Å²) in [5.74, 6) is 2.39. The smallest absolute Gasteiger partial charge is 0.297 e. The molecule has 0 spiro atoms. The van der Waals surface area contributed by atoms with Crippen LogP contribution < -0.4 is 0 Å². The molecule has 0 N–H and O–H groups in total. The Morgan fingerprint density at radius 3 is 0.898 bits per heavy atom. The molecule has 0 saturated heterocycles. The zero-order chi connectivity index (χ0) is 35.2. The molecule has 0 aliphatic carbocycles. The Balaban J connectivity index is 1.65. The van der Waals surface area contributed by atoms with E-state index in [4.69, 9.17) is 67.4 Å². The fourth-order valence-electron chi connectivity index (χ4n) is 3.41. The van der Waals surface area contributed by atoms with E-state index in [9.17, 15) is 8.42 Å². The average molecular weight is 725 g/mol. The third-order valence-electron chi connectivity index (χ3n) is 5.78. The van der Waals surface area contributed by atoms with Crippen LogP contribution in [0.4, 0.5) is 0 Å². The molecule has 0 saturated carbocycles. The summed E-state index contributed by atoms with van der Waals surface area (Å²) in [4.78, 5) is 0.118. The molecule has 0 aliphatic heterocycles. The van der Waals surface area contributed by atoms with Gasteiger partial charge in [-0.25, -0.2) is 0 Å². The predicted molar refractivity (Wildman–Crippen MR) is 178 cm³/mol. The molecular weight excluding hydrogens is 668 g/mol. The quantitative estimate of drug-likeness (QED) is 0.0543. The minimum atomic E-state index is -3.76. The van der Waals surface area contributed by atoms with Crippen LogP contribution in [-0.4, -0.2) is 174 Å². The summed E-state index contributed by atoms with van der Waals surface area (Å²) in [6.07, 6.45) is 5.08. The van der Waals surface area contributed by atoms with E-state index >= 15 is 0 Å². The normalized spacial score (nSPS) is 11.7. The molecule has 0 heterocycles. The van der Waals surface area contributed by atoms with Gasteiger partial charge in [0.1, 0.15) is 6.61 Å². The number of terminal acetylenes is 1. The first kappa shape index (κ1) is 45.2. The van der Waals surface area contributed by atoms with Crippen LogP contribution in [0, 0.1) is 12.3 Å². The zero-order valence-electron chi connectivity index (χ0n) is 28.7. The van der Waals surface area contributed by atoms with Crippen molar-refractivity contribution in [2.24, 2.45) is 0 Å². The van der Waals surface area contributed by atoms with Gasteiger partial charge >= 0.3 is 0 Å². The molecule has 0 fully saturated rings. The van der Waals surface area contributed by atoms with Crippen molar-refractivity contribution >= 4 is 10.1 Å². The molecule has 1 rings (SSSR count). The van der Waals surface area contributed by atoms with Crippen LogP contribution in [0.15, 0.2) is 35.2 Å². The summed E-state index contributed by atoms with van der Waals surface area (Å²) in [6.45, 7) is 10.7. The lowest BCUT2D eigenvalue weighted by atomic mass is 10.4. The molecule has 0 aliphatic rings. The SMILES string of the molecule is C#CCOCCOCCOCCOCCOCCOCCOCCOCCOCCOCCOCCOCCOS(=O)(=O)c1ccccc1. The third-order valence-corrected chi connectivity index (χ3v) is 7.10. The highest BCUT2D eigenvalue weighted by atomic mass is 32.2. The van der Waals surface area contributed by atoms with Gasteiger partial charge in [-0.3, -0.25) is 4.18 Å². The van der Waals surface area contributed by atoms with Crippen molar-refractivity contribution in [1.29, 1.82) is 0 Å². The summed E-state index contributed by atoms with van der Waals surface area (Å²) < 4.78 is 93.6. The van der Waals surface area contributed by atoms with Gasteiger partial charge in [0.25, 0.3) is 10.1 Å². The standard InChI is InChI=1S/C33H56O15S/c1-2-8-36-9-10-37-11-12-38-13-14-39-15-16-40-17-18-41-19-20-42-21-22-43-23-24-44-25-26-45-27-28-46-29-30-47-31-32-48-49(34,35)33-6-4-3-5-7-33/h1,3-7H,8-32H2. The Morgan fingerprint density at radius 2 is 0.633 bits per heavy atom. The lowest BCUT2D eigenvalue weighted by molar-refractivity contribution is -0.0283. The lowest BCUT2D eigenvalue weighted by Crippen LogP contribution is -2.16. The molecule has 0 aromatic heterocycles. The first-order chi connectivity index (χ1) is 24.2.